The first kappa shape index (κ1) is 24.9. The van der Waals surface area contributed by atoms with Gasteiger partial charge in [-0.15, -0.1) is 0 Å². The summed E-state index contributed by atoms with van der Waals surface area (Å²) in [6, 6.07) is 16.5. The van der Waals surface area contributed by atoms with E-state index in [0.717, 1.165) is 31.4 Å². The van der Waals surface area contributed by atoms with Crippen molar-refractivity contribution in [3.05, 3.63) is 71.3 Å². The molecule has 0 N–H and O–H groups in total. The average molecular weight is 539 g/mol. The number of para-hydroxylation sites is 1. The van der Waals surface area contributed by atoms with E-state index in [4.69, 9.17) is 17.3 Å². The summed E-state index contributed by atoms with van der Waals surface area (Å²) in [5.41, 5.74) is 2.80. The number of thioether (sulfide) groups is 1. The minimum absolute atomic E-state index is 0.0701. The minimum Gasteiger partial charge on any atom is -0.290 e. The molecule has 5 rings (SSSR count). The van der Waals surface area contributed by atoms with E-state index in [1.54, 1.807) is 27.8 Å². The van der Waals surface area contributed by atoms with Crippen molar-refractivity contribution in [1.29, 1.82) is 0 Å². The van der Waals surface area contributed by atoms with Crippen molar-refractivity contribution in [3.63, 3.8) is 0 Å². The Morgan fingerprint density at radius 2 is 1.81 bits per heavy atom. The number of amides is 1. The van der Waals surface area contributed by atoms with E-state index < -0.39 is 10.0 Å². The fourth-order valence-electron chi connectivity index (χ4n) is 4.54. The molecule has 2 aliphatic rings. The predicted octanol–water partition coefficient (Wildman–Crippen LogP) is 4.93. The summed E-state index contributed by atoms with van der Waals surface area (Å²) in [5, 5.41) is 4.80. The largest absolute Gasteiger partial charge is 0.290 e. The van der Waals surface area contributed by atoms with E-state index in [2.05, 4.69) is 0 Å². The van der Waals surface area contributed by atoms with Gasteiger partial charge in [0.1, 0.15) is 10.0 Å². The second kappa shape index (κ2) is 9.93. The number of thiocarbonyl (C=S) groups is 1. The van der Waals surface area contributed by atoms with Gasteiger partial charge in [-0.2, -0.15) is 5.10 Å². The molecule has 0 spiro atoms. The van der Waals surface area contributed by atoms with Crippen molar-refractivity contribution in [2.24, 2.45) is 0 Å². The molecule has 2 aromatic carbocycles. The lowest BCUT2D eigenvalue weighted by atomic mass is 10.1. The number of hydrogen-bond donors (Lipinski definition) is 0. The molecule has 1 aliphatic heterocycles. The Balaban J connectivity index is 1.60. The number of carbonyl (C=O) groups excluding carboxylic acids is 1. The molecular formula is C26H26N4O3S3. The van der Waals surface area contributed by atoms with E-state index in [0.29, 0.717) is 26.0 Å². The van der Waals surface area contributed by atoms with E-state index in [-0.39, 0.29) is 16.8 Å². The molecule has 2 heterocycles. The first-order valence-electron chi connectivity index (χ1n) is 11.7. The molecule has 0 bridgehead atoms. The number of carbonyl (C=O) groups is 1. The van der Waals surface area contributed by atoms with Crippen molar-refractivity contribution in [2.75, 3.05) is 14.1 Å². The fourth-order valence-corrected chi connectivity index (χ4v) is 6.88. The number of aromatic nitrogens is 2. The summed E-state index contributed by atoms with van der Waals surface area (Å²) in [6.45, 7) is 0. The van der Waals surface area contributed by atoms with Gasteiger partial charge in [-0.05, 0) is 43.2 Å². The molecule has 1 amide bonds. The minimum atomic E-state index is -3.62. The Morgan fingerprint density at radius 3 is 2.50 bits per heavy atom. The van der Waals surface area contributed by atoms with Gasteiger partial charge >= 0.3 is 0 Å². The van der Waals surface area contributed by atoms with Crippen molar-refractivity contribution in [2.45, 2.75) is 36.6 Å². The molecule has 1 saturated carbocycles. The standard InChI is InChI=1S/C26H26N4O3S3/c1-28(2)36(32,33)22-14-8-9-18(15-22)24-19(17-29(27-24)20-10-4-3-5-11-20)16-23-25(31)30(26(34)35-23)21-12-6-7-13-21/h3-5,8-11,14-17,21H,6-7,12-13H2,1-2H3. The maximum absolute atomic E-state index is 13.3. The van der Waals surface area contributed by atoms with Crippen molar-refractivity contribution >= 4 is 50.3 Å². The second-order valence-corrected chi connectivity index (χ2v) is 12.8. The Morgan fingerprint density at radius 1 is 1.08 bits per heavy atom. The molecule has 1 aromatic heterocycles. The average Bonchev–Trinajstić information content (AvgIpc) is 3.60. The Labute approximate surface area is 220 Å². The van der Waals surface area contributed by atoms with Gasteiger partial charge in [-0.25, -0.2) is 17.4 Å². The first-order chi connectivity index (χ1) is 17.3. The zero-order chi connectivity index (χ0) is 25.4. The summed E-state index contributed by atoms with van der Waals surface area (Å²) in [4.78, 5) is 15.8. The van der Waals surface area contributed by atoms with Gasteiger partial charge in [0, 0.05) is 37.5 Å². The van der Waals surface area contributed by atoms with Gasteiger partial charge in [-0.1, -0.05) is 67.2 Å². The maximum atomic E-state index is 13.3. The molecule has 0 radical (unpaired) electrons. The van der Waals surface area contributed by atoms with Gasteiger partial charge < -0.3 is 0 Å². The molecule has 1 aliphatic carbocycles. The van der Waals surface area contributed by atoms with Crippen LogP contribution in [0.1, 0.15) is 31.2 Å². The van der Waals surface area contributed by atoms with Crippen LogP contribution in [-0.4, -0.2) is 57.8 Å². The van der Waals surface area contributed by atoms with E-state index in [1.807, 2.05) is 48.7 Å². The molecule has 3 aromatic rings. The Hall–Kier alpha value is -2.79. The monoisotopic (exact) mass is 538 g/mol. The zero-order valence-corrected chi connectivity index (χ0v) is 22.4. The highest BCUT2D eigenvalue weighted by Crippen LogP contribution is 2.39. The van der Waals surface area contributed by atoms with Crippen molar-refractivity contribution in [1.82, 2.24) is 19.0 Å². The molecular weight excluding hydrogens is 513 g/mol. The van der Waals surface area contributed by atoms with Crippen molar-refractivity contribution < 1.29 is 13.2 Å². The van der Waals surface area contributed by atoms with Crippen LogP contribution < -0.4 is 0 Å². The highest BCUT2D eigenvalue weighted by Gasteiger charge is 2.38. The highest BCUT2D eigenvalue weighted by molar-refractivity contribution is 8.26. The van der Waals surface area contributed by atoms with Crippen LogP contribution in [0.15, 0.2) is 70.6 Å². The second-order valence-electron chi connectivity index (χ2n) is 9.02. The summed E-state index contributed by atoms with van der Waals surface area (Å²) in [7, 11) is -0.612. The summed E-state index contributed by atoms with van der Waals surface area (Å²) >= 11 is 6.89. The van der Waals surface area contributed by atoms with Gasteiger partial charge in [0.2, 0.25) is 10.0 Å². The van der Waals surface area contributed by atoms with Crippen LogP contribution in [0.3, 0.4) is 0 Å². The van der Waals surface area contributed by atoms with E-state index in [1.165, 1.54) is 30.2 Å². The molecule has 0 atom stereocenters. The third kappa shape index (κ3) is 4.66. The van der Waals surface area contributed by atoms with Crippen LogP contribution in [0.4, 0.5) is 0 Å². The van der Waals surface area contributed by atoms with Crippen LogP contribution in [0.2, 0.25) is 0 Å². The number of sulfonamides is 1. The first-order valence-corrected chi connectivity index (χ1v) is 14.4. The third-order valence-corrected chi connectivity index (χ3v) is 9.59. The third-order valence-electron chi connectivity index (χ3n) is 6.45. The summed E-state index contributed by atoms with van der Waals surface area (Å²) in [6.07, 6.45) is 7.86. The van der Waals surface area contributed by atoms with Crippen molar-refractivity contribution in [3.8, 4) is 16.9 Å². The molecule has 2 fully saturated rings. The number of benzene rings is 2. The molecule has 0 unspecified atom stereocenters. The molecule has 10 heteroatoms. The predicted molar refractivity (Wildman–Crippen MR) is 147 cm³/mol. The van der Waals surface area contributed by atoms with Crippen LogP contribution >= 0.6 is 24.0 Å². The lowest BCUT2D eigenvalue weighted by molar-refractivity contribution is -0.123. The van der Waals surface area contributed by atoms with Gasteiger partial charge in [0.15, 0.2) is 0 Å². The van der Waals surface area contributed by atoms with Gasteiger partial charge in [0.25, 0.3) is 5.91 Å². The molecule has 36 heavy (non-hydrogen) atoms. The Kier molecular flexibility index (Phi) is 6.86. The quantitative estimate of drug-likeness (QED) is 0.327. The Bertz CT molecular complexity index is 1460. The highest BCUT2D eigenvalue weighted by atomic mass is 32.2. The van der Waals surface area contributed by atoms with Crippen LogP contribution in [0.25, 0.3) is 23.0 Å². The number of nitrogens with zero attached hydrogens (tertiary/aromatic N) is 4. The lowest BCUT2D eigenvalue weighted by Crippen LogP contribution is -2.36. The van der Waals surface area contributed by atoms with Gasteiger partial charge in [0.05, 0.1) is 15.5 Å². The van der Waals surface area contributed by atoms with Crippen LogP contribution in [-0.2, 0) is 14.8 Å². The topological polar surface area (TPSA) is 75.5 Å². The molecule has 7 nitrogen and oxygen atoms in total. The van der Waals surface area contributed by atoms with Crippen LogP contribution in [0.5, 0.6) is 0 Å². The molecule has 186 valence electrons. The van der Waals surface area contributed by atoms with Crippen LogP contribution in [0, 0.1) is 0 Å². The zero-order valence-electron chi connectivity index (χ0n) is 20.0. The SMILES string of the molecule is CN(C)S(=O)(=O)c1cccc(-c2nn(-c3ccccc3)cc2C=C2SC(=S)N(C3CCCC3)C2=O)c1. The van der Waals surface area contributed by atoms with E-state index in [9.17, 15) is 13.2 Å². The molecule has 1 saturated heterocycles. The summed E-state index contributed by atoms with van der Waals surface area (Å²) in [5.74, 6) is -0.0701. The maximum Gasteiger partial charge on any atom is 0.266 e. The number of rotatable bonds is 6. The lowest BCUT2D eigenvalue weighted by Gasteiger charge is -2.21. The van der Waals surface area contributed by atoms with E-state index >= 15 is 0 Å². The smallest absolute Gasteiger partial charge is 0.266 e. The normalized spacial score (nSPS) is 18.2. The number of hydrogen-bond acceptors (Lipinski definition) is 6. The fraction of sp³-hybridized carbons (Fsp3) is 0.269. The van der Waals surface area contributed by atoms with Gasteiger partial charge in [-0.3, -0.25) is 9.69 Å². The summed E-state index contributed by atoms with van der Waals surface area (Å²) < 4.78 is 29.1.